The number of likely N-dealkylation sites (tertiary alicyclic amines) is 1. The summed E-state index contributed by atoms with van der Waals surface area (Å²) in [5.41, 5.74) is 5.92. The van der Waals surface area contributed by atoms with Gasteiger partial charge in [-0.2, -0.15) is 0 Å². The number of amides is 1. The molecule has 106 valence electrons. The van der Waals surface area contributed by atoms with E-state index in [1.807, 2.05) is 26.0 Å². The molecule has 5 heteroatoms. The average Bonchev–Trinajstić information content (AvgIpc) is 3.05. The number of hydrogen-bond acceptors (Lipinski definition) is 4. The lowest BCUT2D eigenvalue weighted by molar-refractivity contribution is -0.125. The van der Waals surface area contributed by atoms with Crippen LogP contribution in [0.25, 0.3) is 0 Å². The van der Waals surface area contributed by atoms with Crippen LogP contribution in [-0.4, -0.2) is 36.0 Å². The molecule has 1 fully saturated rings. The SMILES string of the molecule is CC(N)C1CCN(C(C)C(=O)NCc2ccco2)C1. The molecule has 0 bridgehead atoms. The third kappa shape index (κ3) is 3.58. The van der Waals surface area contributed by atoms with Crippen LogP contribution in [0.2, 0.25) is 0 Å². The van der Waals surface area contributed by atoms with Gasteiger partial charge in [-0.1, -0.05) is 0 Å². The van der Waals surface area contributed by atoms with E-state index in [9.17, 15) is 4.79 Å². The molecule has 1 aromatic heterocycles. The van der Waals surface area contributed by atoms with Crippen molar-refractivity contribution >= 4 is 5.91 Å². The normalized spacial score (nSPS) is 23.2. The summed E-state index contributed by atoms with van der Waals surface area (Å²) in [6.07, 6.45) is 2.69. The minimum absolute atomic E-state index is 0.0433. The Kier molecular flexibility index (Phi) is 4.61. The van der Waals surface area contributed by atoms with Crippen LogP contribution in [0.5, 0.6) is 0 Å². The first-order valence-corrected chi connectivity index (χ1v) is 6.87. The highest BCUT2D eigenvalue weighted by Gasteiger charge is 2.30. The minimum atomic E-state index is -0.112. The predicted molar refractivity (Wildman–Crippen MR) is 73.3 cm³/mol. The highest BCUT2D eigenvalue weighted by atomic mass is 16.3. The van der Waals surface area contributed by atoms with Gasteiger partial charge in [-0.15, -0.1) is 0 Å². The standard InChI is InChI=1S/C14H23N3O2/c1-10(15)12-5-6-17(9-12)11(2)14(18)16-8-13-4-3-7-19-13/h3-4,7,10-12H,5-6,8-9,15H2,1-2H3,(H,16,18). The molecule has 1 amide bonds. The van der Waals surface area contributed by atoms with Gasteiger partial charge >= 0.3 is 0 Å². The Labute approximate surface area is 114 Å². The van der Waals surface area contributed by atoms with E-state index in [1.54, 1.807) is 6.26 Å². The van der Waals surface area contributed by atoms with Crippen LogP contribution in [0.1, 0.15) is 26.0 Å². The molecule has 0 saturated carbocycles. The largest absolute Gasteiger partial charge is 0.467 e. The summed E-state index contributed by atoms with van der Waals surface area (Å²) in [6.45, 7) is 6.28. The Balaban J connectivity index is 1.79. The number of nitrogens with zero attached hydrogens (tertiary/aromatic N) is 1. The van der Waals surface area contributed by atoms with Gasteiger partial charge in [-0.05, 0) is 44.9 Å². The average molecular weight is 265 g/mol. The smallest absolute Gasteiger partial charge is 0.237 e. The summed E-state index contributed by atoms with van der Waals surface area (Å²) >= 11 is 0. The van der Waals surface area contributed by atoms with Crippen LogP contribution in [0, 0.1) is 5.92 Å². The number of furan rings is 1. The quantitative estimate of drug-likeness (QED) is 0.831. The van der Waals surface area contributed by atoms with Crippen molar-refractivity contribution in [2.24, 2.45) is 11.7 Å². The molecule has 1 aliphatic heterocycles. The molecule has 0 aromatic carbocycles. The molecule has 19 heavy (non-hydrogen) atoms. The first kappa shape index (κ1) is 14.1. The van der Waals surface area contributed by atoms with E-state index >= 15 is 0 Å². The molecule has 5 nitrogen and oxygen atoms in total. The number of carbonyl (C=O) groups excluding carboxylic acids is 1. The summed E-state index contributed by atoms with van der Waals surface area (Å²) in [7, 11) is 0. The Bertz CT molecular complexity index is 403. The molecule has 3 unspecified atom stereocenters. The Morgan fingerprint density at radius 2 is 2.42 bits per heavy atom. The molecule has 0 aliphatic carbocycles. The van der Waals surface area contributed by atoms with Crippen molar-refractivity contribution in [3.05, 3.63) is 24.2 Å². The van der Waals surface area contributed by atoms with E-state index in [4.69, 9.17) is 10.2 Å². The van der Waals surface area contributed by atoms with Gasteiger partial charge in [0.15, 0.2) is 0 Å². The van der Waals surface area contributed by atoms with Gasteiger partial charge in [0.2, 0.25) is 5.91 Å². The molecule has 1 aromatic rings. The van der Waals surface area contributed by atoms with Crippen molar-refractivity contribution in [1.29, 1.82) is 0 Å². The fourth-order valence-electron chi connectivity index (χ4n) is 2.50. The van der Waals surface area contributed by atoms with Gasteiger partial charge in [0, 0.05) is 12.6 Å². The van der Waals surface area contributed by atoms with Gasteiger partial charge < -0.3 is 15.5 Å². The maximum Gasteiger partial charge on any atom is 0.237 e. The zero-order chi connectivity index (χ0) is 13.8. The van der Waals surface area contributed by atoms with Gasteiger partial charge in [-0.25, -0.2) is 0 Å². The number of hydrogen-bond donors (Lipinski definition) is 2. The minimum Gasteiger partial charge on any atom is -0.467 e. The van der Waals surface area contributed by atoms with Gasteiger partial charge in [0.25, 0.3) is 0 Å². The van der Waals surface area contributed by atoms with E-state index in [-0.39, 0.29) is 18.0 Å². The molecule has 3 N–H and O–H groups in total. The van der Waals surface area contributed by atoms with Gasteiger partial charge in [0.1, 0.15) is 5.76 Å². The van der Waals surface area contributed by atoms with Crippen LogP contribution < -0.4 is 11.1 Å². The Hall–Kier alpha value is -1.33. The maximum absolute atomic E-state index is 12.1. The molecule has 2 heterocycles. The lowest BCUT2D eigenvalue weighted by Crippen LogP contribution is -2.44. The number of carbonyl (C=O) groups is 1. The number of rotatable bonds is 5. The van der Waals surface area contributed by atoms with Gasteiger partial charge in [-0.3, -0.25) is 9.69 Å². The maximum atomic E-state index is 12.1. The van der Waals surface area contributed by atoms with E-state index in [1.165, 1.54) is 0 Å². The second-order valence-electron chi connectivity index (χ2n) is 5.38. The molecular formula is C14H23N3O2. The van der Waals surface area contributed by atoms with E-state index in [0.29, 0.717) is 12.5 Å². The molecule has 1 aliphatic rings. The van der Waals surface area contributed by atoms with Crippen LogP contribution in [-0.2, 0) is 11.3 Å². The van der Waals surface area contributed by atoms with Crippen LogP contribution in [0.15, 0.2) is 22.8 Å². The van der Waals surface area contributed by atoms with Crippen molar-refractivity contribution in [2.75, 3.05) is 13.1 Å². The Morgan fingerprint density at radius 3 is 3.00 bits per heavy atom. The summed E-state index contributed by atoms with van der Waals surface area (Å²) < 4.78 is 5.19. The lowest BCUT2D eigenvalue weighted by Gasteiger charge is -2.24. The number of nitrogens with two attached hydrogens (primary N) is 1. The number of nitrogens with one attached hydrogen (secondary N) is 1. The van der Waals surface area contributed by atoms with Crippen molar-refractivity contribution < 1.29 is 9.21 Å². The fraction of sp³-hybridized carbons (Fsp3) is 0.643. The zero-order valence-corrected chi connectivity index (χ0v) is 11.6. The zero-order valence-electron chi connectivity index (χ0n) is 11.6. The highest BCUT2D eigenvalue weighted by molar-refractivity contribution is 5.81. The monoisotopic (exact) mass is 265 g/mol. The molecule has 1 saturated heterocycles. The Morgan fingerprint density at radius 1 is 1.63 bits per heavy atom. The first-order valence-electron chi connectivity index (χ1n) is 6.87. The van der Waals surface area contributed by atoms with Crippen LogP contribution in [0.4, 0.5) is 0 Å². The second-order valence-corrected chi connectivity index (χ2v) is 5.38. The fourth-order valence-corrected chi connectivity index (χ4v) is 2.50. The van der Waals surface area contributed by atoms with Crippen molar-refractivity contribution in [1.82, 2.24) is 10.2 Å². The van der Waals surface area contributed by atoms with Crippen molar-refractivity contribution in [2.45, 2.75) is 38.9 Å². The van der Waals surface area contributed by atoms with Crippen molar-refractivity contribution in [3.8, 4) is 0 Å². The lowest BCUT2D eigenvalue weighted by atomic mass is 10.0. The first-order chi connectivity index (χ1) is 9.08. The van der Waals surface area contributed by atoms with Crippen molar-refractivity contribution in [3.63, 3.8) is 0 Å². The summed E-state index contributed by atoms with van der Waals surface area (Å²) in [4.78, 5) is 14.3. The summed E-state index contributed by atoms with van der Waals surface area (Å²) in [6, 6.07) is 3.76. The molecule has 0 spiro atoms. The molecular weight excluding hydrogens is 242 g/mol. The van der Waals surface area contributed by atoms with Crippen LogP contribution >= 0.6 is 0 Å². The topological polar surface area (TPSA) is 71.5 Å². The summed E-state index contributed by atoms with van der Waals surface area (Å²) in [5, 5.41) is 2.90. The van der Waals surface area contributed by atoms with E-state index in [0.717, 1.165) is 25.3 Å². The second kappa shape index (κ2) is 6.21. The third-order valence-electron chi connectivity index (χ3n) is 3.94. The highest BCUT2D eigenvalue weighted by Crippen LogP contribution is 2.20. The summed E-state index contributed by atoms with van der Waals surface area (Å²) in [5.74, 6) is 1.32. The molecule has 3 atom stereocenters. The third-order valence-corrected chi connectivity index (χ3v) is 3.94. The van der Waals surface area contributed by atoms with E-state index < -0.39 is 0 Å². The molecule has 2 rings (SSSR count). The van der Waals surface area contributed by atoms with E-state index in [2.05, 4.69) is 10.2 Å². The van der Waals surface area contributed by atoms with Gasteiger partial charge in [0.05, 0.1) is 18.8 Å². The van der Waals surface area contributed by atoms with Crippen LogP contribution in [0.3, 0.4) is 0 Å². The predicted octanol–water partition coefficient (Wildman–Crippen LogP) is 0.953. The molecule has 0 radical (unpaired) electrons.